The first-order chi connectivity index (χ1) is 6.53. The summed E-state index contributed by atoms with van der Waals surface area (Å²) in [4.78, 5) is 4.06. The zero-order valence-electron chi connectivity index (χ0n) is 9.08. The molecule has 0 aliphatic heterocycles. The smallest absolute Gasteiger partial charge is 0.126 e. The van der Waals surface area contributed by atoms with Gasteiger partial charge in [0.15, 0.2) is 0 Å². The molecule has 2 N–H and O–H groups in total. The third kappa shape index (κ3) is 3.34. The third-order valence-electron chi connectivity index (χ3n) is 1.69. The van der Waals surface area contributed by atoms with Crippen molar-refractivity contribution in [3.05, 3.63) is 24.0 Å². The molecular formula is C11H18N2O. The number of rotatable bonds is 3. The maximum atomic E-state index is 5.79. The summed E-state index contributed by atoms with van der Waals surface area (Å²) in [5.41, 5.74) is 6.41. The van der Waals surface area contributed by atoms with Gasteiger partial charge in [0.05, 0.1) is 0 Å². The molecule has 0 aliphatic rings. The summed E-state index contributed by atoms with van der Waals surface area (Å²) in [7, 11) is 0. The molecule has 0 saturated heterocycles. The Morgan fingerprint density at radius 1 is 1.43 bits per heavy atom. The molecule has 1 rings (SSSR count). The molecule has 1 heterocycles. The van der Waals surface area contributed by atoms with Gasteiger partial charge in [-0.15, -0.1) is 0 Å². The second-order valence-electron chi connectivity index (χ2n) is 4.24. The van der Waals surface area contributed by atoms with Gasteiger partial charge < -0.3 is 10.5 Å². The van der Waals surface area contributed by atoms with Gasteiger partial charge in [0.1, 0.15) is 11.4 Å². The lowest BCUT2D eigenvalue weighted by Gasteiger charge is -2.22. The third-order valence-corrected chi connectivity index (χ3v) is 1.69. The highest BCUT2D eigenvalue weighted by Crippen LogP contribution is 2.21. The van der Waals surface area contributed by atoms with Crippen molar-refractivity contribution in [1.29, 1.82) is 0 Å². The Balaban J connectivity index is 2.84. The van der Waals surface area contributed by atoms with Crippen molar-refractivity contribution in [2.75, 3.05) is 6.54 Å². The summed E-state index contributed by atoms with van der Waals surface area (Å²) in [5.74, 6) is 0.887. The maximum Gasteiger partial charge on any atom is 0.126 e. The number of hydrogen-bond donors (Lipinski definition) is 1. The van der Waals surface area contributed by atoms with Crippen molar-refractivity contribution in [2.45, 2.75) is 32.8 Å². The van der Waals surface area contributed by atoms with E-state index >= 15 is 0 Å². The van der Waals surface area contributed by atoms with Gasteiger partial charge in [0.2, 0.25) is 0 Å². The second kappa shape index (κ2) is 4.42. The molecule has 3 heteroatoms. The van der Waals surface area contributed by atoms with E-state index in [0.29, 0.717) is 6.54 Å². The van der Waals surface area contributed by atoms with Crippen molar-refractivity contribution < 1.29 is 4.74 Å². The van der Waals surface area contributed by atoms with Gasteiger partial charge in [0.25, 0.3) is 0 Å². The van der Waals surface area contributed by atoms with E-state index in [2.05, 4.69) is 4.98 Å². The topological polar surface area (TPSA) is 48.1 Å². The molecule has 0 radical (unpaired) electrons. The largest absolute Gasteiger partial charge is 0.488 e. The predicted octanol–water partition coefficient (Wildman–Crippen LogP) is 1.76. The number of nitrogens with two attached hydrogens (primary N) is 1. The van der Waals surface area contributed by atoms with Crippen LogP contribution in [0.5, 0.6) is 5.75 Å². The Hall–Kier alpha value is -1.09. The molecule has 14 heavy (non-hydrogen) atoms. The predicted molar refractivity (Wildman–Crippen MR) is 57.4 cm³/mol. The normalized spacial score (nSPS) is 11.4. The van der Waals surface area contributed by atoms with Crippen LogP contribution in [0.2, 0.25) is 0 Å². The van der Waals surface area contributed by atoms with Crippen LogP contribution < -0.4 is 10.5 Å². The Bertz CT molecular complexity index is 292. The highest BCUT2D eigenvalue weighted by atomic mass is 16.5. The average molecular weight is 194 g/mol. The van der Waals surface area contributed by atoms with E-state index < -0.39 is 0 Å². The maximum absolute atomic E-state index is 5.79. The van der Waals surface area contributed by atoms with Gasteiger partial charge in [0, 0.05) is 18.0 Å². The Morgan fingerprint density at radius 2 is 2.14 bits per heavy atom. The minimum Gasteiger partial charge on any atom is -0.488 e. The van der Waals surface area contributed by atoms with Crippen LogP contribution >= 0.6 is 0 Å². The lowest BCUT2D eigenvalue weighted by atomic mass is 10.1. The number of aromatic nitrogens is 1. The second-order valence-corrected chi connectivity index (χ2v) is 4.24. The number of hydrogen-bond acceptors (Lipinski definition) is 3. The molecule has 0 spiro atoms. The molecule has 3 nitrogen and oxygen atoms in total. The van der Waals surface area contributed by atoms with Crippen molar-refractivity contribution in [1.82, 2.24) is 4.98 Å². The fourth-order valence-electron chi connectivity index (χ4n) is 1.19. The van der Waals surface area contributed by atoms with Crippen LogP contribution in [0.25, 0.3) is 0 Å². The molecule has 0 aromatic carbocycles. The summed E-state index contributed by atoms with van der Waals surface area (Å²) in [6, 6.07) is 1.89. The first-order valence-electron chi connectivity index (χ1n) is 4.85. The molecule has 1 aromatic heterocycles. The van der Waals surface area contributed by atoms with E-state index in [0.717, 1.165) is 17.7 Å². The van der Waals surface area contributed by atoms with E-state index in [1.807, 2.05) is 33.0 Å². The molecular weight excluding hydrogens is 176 g/mol. The molecule has 0 amide bonds. The van der Waals surface area contributed by atoms with Crippen molar-refractivity contribution in [2.24, 2.45) is 5.73 Å². The quantitative estimate of drug-likeness (QED) is 0.797. The minimum atomic E-state index is -0.176. The van der Waals surface area contributed by atoms with Crippen LogP contribution in [0.3, 0.4) is 0 Å². The van der Waals surface area contributed by atoms with Crippen LogP contribution in [0.15, 0.2) is 18.5 Å². The molecule has 0 bridgehead atoms. The van der Waals surface area contributed by atoms with Crippen LogP contribution in [0.4, 0.5) is 0 Å². The highest BCUT2D eigenvalue weighted by molar-refractivity contribution is 5.30. The summed E-state index contributed by atoms with van der Waals surface area (Å²) < 4.78 is 5.79. The lowest BCUT2D eigenvalue weighted by molar-refractivity contribution is 0.129. The first-order valence-corrected chi connectivity index (χ1v) is 4.85. The summed E-state index contributed by atoms with van der Waals surface area (Å²) >= 11 is 0. The summed E-state index contributed by atoms with van der Waals surface area (Å²) in [5, 5.41) is 0. The lowest BCUT2D eigenvalue weighted by Crippen LogP contribution is -2.24. The van der Waals surface area contributed by atoms with E-state index in [4.69, 9.17) is 10.5 Å². The zero-order valence-corrected chi connectivity index (χ0v) is 9.08. The molecule has 0 aliphatic carbocycles. The molecule has 1 aromatic rings. The van der Waals surface area contributed by atoms with Crippen molar-refractivity contribution >= 4 is 0 Å². The highest BCUT2D eigenvalue weighted by Gasteiger charge is 2.13. The fourth-order valence-corrected chi connectivity index (χ4v) is 1.19. The zero-order chi connectivity index (χ0) is 10.6. The van der Waals surface area contributed by atoms with Crippen molar-refractivity contribution in [3.8, 4) is 5.75 Å². The molecule has 0 unspecified atom stereocenters. The number of ether oxygens (including phenoxy) is 1. The fraction of sp³-hybridized carbons (Fsp3) is 0.545. The monoisotopic (exact) mass is 194 g/mol. The van der Waals surface area contributed by atoms with Gasteiger partial charge in [-0.25, -0.2) is 0 Å². The van der Waals surface area contributed by atoms with Gasteiger partial charge in [-0.05, 0) is 39.8 Å². The Morgan fingerprint density at radius 3 is 2.71 bits per heavy atom. The number of nitrogens with zero attached hydrogens (tertiary/aromatic N) is 1. The molecule has 78 valence electrons. The van der Waals surface area contributed by atoms with E-state index in [1.165, 1.54) is 0 Å². The summed E-state index contributed by atoms with van der Waals surface area (Å²) in [6.07, 6.45) is 4.36. The standard InChI is InChI=1S/C11H18N2O/c1-11(2,3)14-10-5-7-13-8-9(10)4-6-12/h5,7-8H,4,6,12H2,1-3H3. The molecule has 0 fully saturated rings. The van der Waals surface area contributed by atoms with Crippen LogP contribution in [-0.4, -0.2) is 17.1 Å². The van der Waals surface area contributed by atoms with Gasteiger partial charge in [-0.2, -0.15) is 0 Å². The number of pyridine rings is 1. The average Bonchev–Trinajstić information content (AvgIpc) is 2.06. The SMILES string of the molecule is CC(C)(C)Oc1ccncc1CCN. The van der Waals surface area contributed by atoms with Crippen molar-refractivity contribution in [3.63, 3.8) is 0 Å². The van der Waals surface area contributed by atoms with Gasteiger partial charge in [-0.1, -0.05) is 0 Å². The van der Waals surface area contributed by atoms with E-state index in [9.17, 15) is 0 Å². The molecule has 0 saturated carbocycles. The van der Waals surface area contributed by atoms with E-state index in [-0.39, 0.29) is 5.60 Å². The Labute approximate surface area is 85.3 Å². The summed E-state index contributed by atoms with van der Waals surface area (Å²) in [6.45, 7) is 6.70. The van der Waals surface area contributed by atoms with Crippen LogP contribution in [-0.2, 0) is 6.42 Å². The first kappa shape index (κ1) is 11.0. The van der Waals surface area contributed by atoms with Gasteiger partial charge in [-0.3, -0.25) is 4.98 Å². The van der Waals surface area contributed by atoms with E-state index in [1.54, 1.807) is 6.20 Å². The molecule has 0 atom stereocenters. The van der Waals surface area contributed by atoms with Crippen LogP contribution in [0, 0.1) is 0 Å². The van der Waals surface area contributed by atoms with Gasteiger partial charge >= 0.3 is 0 Å². The Kier molecular flexibility index (Phi) is 3.47. The van der Waals surface area contributed by atoms with Crippen LogP contribution in [0.1, 0.15) is 26.3 Å². The minimum absolute atomic E-state index is 0.176.